The average Bonchev–Trinajstić information content (AvgIpc) is 2.15. The van der Waals surface area contributed by atoms with Gasteiger partial charge in [-0.05, 0) is 6.07 Å². The van der Waals surface area contributed by atoms with Crippen molar-refractivity contribution in [1.29, 1.82) is 0 Å². The fourth-order valence-corrected chi connectivity index (χ4v) is 1.16. The molecule has 1 aromatic carbocycles. The molecule has 0 aliphatic rings. The fourth-order valence-electron chi connectivity index (χ4n) is 1.16. The average molecular weight is 235 g/mol. The van der Waals surface area contributed by atoms with Gasteiger partial charge in [0.05, 0.1) is 0 Å². The smallest absolute Gasteiger partial charge is 0.407 e. The topological polar surface area (TPSA) is 83.6 Å². The maximum Gasteiger partial charge on any atom is 0.407 e. The van der Waals surface area contributed by atoms with Gasteiger partial charge in [0.25, 0.3) is 0 Å². The molecule has 1 aromatic rings. The molecule has 0 aliphatic carbocycles. The van der Waals surface area contributed by atoms with E-state index in [0.717, 1.165) is 18.2 Å². The highest BCUT2D eigenvalue weighted by atomic mass is 19.4. The number of halogens is 3. The van der Waals surface area contributed by atoms with Crippen LogP contribution in [0, 0.1) is 0 Å². The molecule has 0 spiro atoms. The lowest BCUT2D eigenvalue weighted by Gasteiger charge is -2.17. The number of nitrogens with two attached hydrogens (primary N) is 1. The minimum absolute atomic E-state index is 0.614. The highest BCUT2D eigenvalue weighted by Crippen LogP contribution is 2.36. The molecular weight excluding hydrogens is 227 g/mol. The van der Waals surface area contributed by atoms with Crippen molar-refractivity contribution in [2.24, 2.45) is 5.73 Å². The van der Waals surface area contributed by atoms with Crippen LogP contribution in [-0.2, 0) is 0 Å². The number of carboxylic acids is 1. The van der Waals surface area contributed by atoms with Crippen molar-refractivity contribution in [3.8, 4) is 5.75 Å². The van der Waals surface area contributed by atoms with Crippen molar-refractivity contribution < 1.29 is 28.2 Å². The maximum atomic E-state index is 12.3. The van der Waals surface area contributed by atoms with Gasteiger partial charge in [-0.25, -0.2) is 4.79 Å². The summed E-state index contributed by atoms with van der Waals surface area (Å²) in [6, 6.07) is 0.598. The van der Waals surface area contributed by atoms with Crippen LogP contribution < -0.4 is 5.73 Å². The molecule has 0 fully saturated rings. The first-order valence-electron chi connectivity index (χ1n) is 4.12. The van der Waals surface area contributed by atoms with Gasteiger partial charge in [-0.3, -0.25) is 0 Å². The second-order valence-corrected chi connectivity index (χ2v) is 3.07. The van der Waals surface area contributed by atoms with Crippen molar-refractivity contribution in [3.05, 3.63) is 29.3 Å². The Kier molecular flexibility index (Phi) is 3.09. The van der Waals surface area contributed by atoms with Crippen LogP contribution in [0.1, 0.15) is 22.0 Å². The molecule has 0 radical (unpaired) electrons. The molecule has 0 amide bonds. The number of para-hydroxylation sites is 1. The molecule has 1 atom stereocenters. The van der Waals surface area contributed by atoms with E-state index < -0.39 is 35.1 Å². The van der Waals surface area contributed by atoms with Crippen LogP contribution in [0.5, 0.6) is 5.75 Å². The lowest BCUT2D eigenvalue weighted by atomic mass is 10.0. The zero-order valence-corrected chi connectivity index (χ0v) is 7.82. The molecule has 1 rings (SSSR count). The third-order valence-corrected chi connectivity index (χ3v) is 1.99. The summed E-state index contributed by atoms with van der Waals surface area (Å²) in [4.78, 5) is 10.6. The molecule has 0 bridgehead atoms. The number of aromatic hydroxyl groups is 1. The molecular formula is C9H8F3NO3. The van der Waals surface area contributed by atoms with Crippen molar-refractivity contribution in [2.75, 3.05) is 0 Å². The SMILES string of the molecule is N[C@@H](c1cccc(C(=O)O)c1O)C(F)(F)F. The number of aromatic carboxylic acids is 1. The van der Waals surface area contributed by atoms with E-state index in [4.69, 9.17) is 10.8 Å². The Morgan fingerprint density at radius 1 is 1.38 bits per heavy atom. The summed E-state index contributed by atoms with van der Waals surface area (Å²) in [5.41, 5.74) is 3.59. The number of phenols is 1. The highest BCUT2D eigenvalue weighted by Gasteiger charge is 2.39. The normalized spacial score (nSPS) is 13.5. The number of carbonyl (C=O) groups is 1. The molecule has 7 heteroatoms. The summed E-state index contributed by atoms with van der Waals surface area (Å²) in [5, 5.41) is 17.9. The first-order chi connectivity index (χ1) is 7.25. The number of hydrogen-bond acceptors (Lipinski definition) is 3. The summed E-state index contributed by atoms with van der Waals surface area (Å²) in [6.07, 6.45) is -4.74. The maximum absolute atomic E-state index is 12.3. The number of carboxylic acid groups (broad SMARTS) is 1. The Bertz CT molecular complexity index is 417. The van der Waals surface area contributed by atoms with Gasteiger partial charge < -0.3 is 15.9 Å². The minimum Gasteiger partial charge on any atom is -0.507 e. The Morgan fingerprint density at radius 2 is 1.94 bits per heavy atom. The molecule has 4 nitrogen and oxygen atoms in total. The number of rotatable bonds is 2. The van der Waals surface area contributed by atoms with Gasteiger partial charge in [0.2, 0.25) is 0 Å². The Morgan fingerprint density at radius 3 is 2.38 bits per heavy atom. The molecule has 0 saturated carbocycles. The van der Waals surface area contributed by atoms with E-state index in [2.05, 4.69) is 0 Å². The first kappa shape index (κ1) is 12.3. The molecule has 16 heavy (non-hydrogen) atoms. The third-order valence-electron chi connectivity index (χ3n) is 1.99. The van der Waals surface area contributed by atoms with Crippen LogP contribution in [0.25, 0.3) is 0 Å². The quantitative estimate of drug-likeness (QED) is 0.727. The van der Waals surface area contributed by atoms with Gasteiger partial charge in [-0.15, -0.1) is 0 Å². The standard InChI is InChI=1S/C9H8F3NO3/c10-9(11,12)7(13)4-2-1-3-5(6(4)14)8(15)16/h1-3,7,14H,13H2,(H,15,16)/t7-/m0/s1. The van der Waals surface area contributed by atoms with E-state index in [0.29, 0.717) is 0 Å². The highest BCUT2D eigenvalue weighted by molar-refractivity contribution is 5.91. The summed E-state index contributed by atoms with van der Waals surface area (Å²) in [7, 11) is 0. The van der Waals surface area contributed by atoms with E-state index >= 15 is 0 Å². The fraction of sp³-hybridized carbons (Fsp3) is 0.222. The molecule has 0 saturated heterocycles. The molecule has 4 N–H and O–H groups in total. The van der Waals surface area contributed by atoms with E-state index in [1.54, 1.807) is 0 Å². The summed E-state index contributed by atoms with van der Waals surface area (Å²) >= 11 is 0. The lowest BCUT2D eigenvalue weighted by molar-refractivity contribution is -0.149. The van der Waals surface area contributed by atoms with Gasteiger partial charge in [0.15, 0.2) is 0 Å². The Labute approximate surface area is 88.1 Å². The van der Waals surface area contributed by atoms with Gasteiger partial charge in [0.1, 0.15) is 17.4 Å². The lowest BCUT2D eigenvalue weighted by Crippen LogP contribution is -2.28. The minimum atomic E-state index is -4.74. The summed E-state index contributed by atoms with van der Waals surface area (Å²) in [5.74, 6) is -2.48. The van der Waals surface area contributed by atoms with E-state index in [-0.39, 0.29) is 0 Å². The van der Waals surface area contributed by atoms with Gasteiger partial charge in [0, 0.05) is 5.56 Å². The van der Waals surface area contributed by atoms with Crippen LogP contribution in [0.2, 0.25) is 0 Å². The van der Waals surface area contributed by atoms with Crippen LogP contribution in [0.15, 0.2) is 18.2 Å². The van der Waals surface area contributed by atoms with E-state index in [9.17, 15) is 23.1 Å². The summed E-state index contributed by atoms with van der Waals surface area (Å²) in [6.45, 7) is 0. The number of benzene rings is 1. The van der Waals surface area contributed by atoms with Crippen LogP contribution in [0.3, 0.4) is 0 Å². The molecule has 0 aromatic heterocycles. The second kappa shape index (κ2) is 4.01. The van der Waals surface area contributed by atoms with Crippen molar-refractivity contribution in [2.45, 2.75) is 12.2 Å². The Hall–Kier alpha value is -1.76. The Balaban J connectivity index is 3.26. The molecule has 88 valence electrons. The van der Waals surface area contributed by atoms with Crippen molar-refractivity contribution in [3.63, 3.8) is 0 Å². The van der Waals surface area contributed by atoms with Gasteiger partial charge in [-0.1, -0.05) is 12.1 Å². The van der Waals surface area contributed by atoms with E-state index in [1.807, 2.05) is 0 Å². The van der Waals surface area contributed by atoms with Crippen LogP contribution in [0.4, 0.5) is 13.2 Å². The first-order valence-corrected chi connectivity index (χ1v) is 4.12. The monoisotopic (exact) mass is 235 g/mol. The van der Waals surface area contributed by atoms with Gasteiger partial charge in [-0.2, -0.15) is 13.2 Å². The zero-order chi connectivity index (χ0) is 12.5. The van der Waals surface area contributed by atoms with Crippen molar-refractivity contribution >= 4 is 5.97 Å². The second-order valence-electron chi connectivity index (χ2n) is 3.07. The van der Waals surface area contributed by atoms with E-state index in [1.165, 1.54) is 0 Å². The number of hydrogen-bond donors (Lipinski definition) is 3. The zero-order valence-electron chi connectivity index (χ0n) is 7.82. The summed E-state index contributed by atoms with van der Waals surface area (Å²) < 4.78 is 36.8. The number of alkyl halides is 3. The molecule has 0 aliphatic heterocycles. The predicted octanol–water partition coefficient (Wildman–Crippen LogP) is 1.65. The molecule has 0 unspecified atom stereocenters. The largest absolute Gasteiger partial charge is 0.507 e. The van der Waals surface area contributed by atoms with Crippen molar-refractivity contribution in [1.82, 2.24) is 0 Å². The molecule has 0 heterocycles. The predicted molar refractivity (Wildman–Crippen MR) is 48.0 cm³/mol. The van der Waals surface area contributed by atoms with Crippen LogP contribution >= 0.6 is 0 Å². The van der Waals surface area contributed by atoms with Crippen LogP contribution in [-0.4, -0.2) is 22.4 Å². The third kappa shape index (κ3) is 2.25. The van der Waals surface area contributed by atoms with Gasteiger partial charge >= 0.3 is 12.1 Å².